The van der Waals surface area contributed by atoms with Gasteiger partial charge >= 0.3 is 6.03 Å². The lowest BCUT2D eigenvalue weighted by Gasteiger charge is -2.36. The first-order valence-corrected chi connectivity index (χ1v) is 9.76. The van der Waals surface area contributed by atoms with Crippen molar-refractivity contribution < 1.29 is 14.0 Å². The minimum atomic E-state index is -0.564. The highest BCUT2D eigenvalue weighted by Crippen LogP contribution is 2.24. The summed E-state index contributed by atoms with van der Waals surface area (Å²) in [5.74, 6) is 0.183. The van der Waals surface area contributed by atoms with E-state index in [2.05, 4.69) is 21.3 Å². The van der Waals surface area contributed by atoms with Crippen molar-refractivity contribution in [2.45, 2.75) is 13.8 Å². The van der Waals surface area contributed by atoms with Crippen LogP contribution < -0.4 is 15.1 Å². The molecule has 3 heterocycles. The number of aromatic nitrogens is 1. The maximum absolute atomic E-state index is 14.6. The lowest BCUT2D eigenvalue weighted by Crippen LogP contribution is -2.49. The molecule has 0 aliphatic carbocycles. The highest BCUT2D eigenvalue weighted by atomic mass is 19.1. The number of nitrogens with one attached hydrogen (secondary N) is 1. The Morgan fingerprint density at radius 3 is 2.48 bits per heavy atom. The zero-order valence-electron chi connectivity index (χ0n) is 16.6. The van der Waals surface area contributed by atoms with E-state index in [0.29, 0.717) is 44.8 Å². The third-order valence-electron chi connectivity index (χ3n) is 5.40. The fraction of sp³-hybridized carbons (Fsp3) is 0.381. The lowest BCUT2D eigenvalue weighted by molar-refractivity contribution is 0.0746. The van der Waals surface area contributed by atoms with E-state index in [9.17, 15) is 14.0 Å². The second-order valence-electron chi connectivity index (χ2n) is 7.48. The largest absolute Gasteiger partial charge is 0.353 e. The molecule has 0 atom stereocenters. The third-order valence-corrected chi connectivity index (χ3v) is 5.40. The summed E-state index contributed by atoms with van der Waals surface area (Å²) in [5.41, 5.74) is 2.73. The van der Waals surface area contributed by atoms with Crippen LogP contribution in [0.3, 0.4) is 0 Å². The van der Waals surface area contributed by atoms with Crippen LogP contribution in [0.15, 0.2) is 30.5 Å². The van der Waals surface area contributed by atoms with E-state index in [4.69, 9.17) is 0 Å². The van der Waals surface area contributed by atoms with Crippen molar-refractivity contribution in [1.82, 2.24) is 15.2 Å². The molecule has 0 radical (unpaired) electrons. The van der Waals surface area contributed by atoms with E-state index in [1.165, 1.54) is 17.0 Å². The Hall–Kier alpha value is -3.16. The van der Waals surface area contributed by atoms with Gasteiger partial charge in [0.15, 0.2) is 0 Å². The summed E-state index contributed by atoms with van der Waals surface area (Å²) in [6, 6.07) is 6.10. The standard InChI is InChI=1S/C21H24FN5O2/c1-14-11-15(2)19(24-13-14)25-7-9-26(10-8-25)20(28)16-3-4-18(17(22)12-16)27-6-5-23-21(27)29/h3-4,11-13H,5-10H2,1-2H3,(H,23,29). The number of amides is 3. The minimum Gasteiger partial charge on any atom is -0.353 e. The summed E-state index contributed by atoms with van der Waals surface area (Å²) in [5, 5.41) is 2.64. The molecule has 29 heavy (non-hydrogen) atoms. The summed E-state index contributed by atoms with van der Waals surface area (Å²) in [6.45, 7) is 7.40. The SMILES string of the molecule is Cc1cnc(N2CCN(C(=O)c3ccc(N4CCNC4=O)c(F)c3)CC2)c(C)c1. The van der Waals surface area contributed by atoms with Crippen LogP contribution in [0.4, 0.5) is 20.7 Å². The number of hydrogen-bond donors (Lipinski definition) is 1. The molecule has 8 heteroatoms. The number of carbonyl (C=O) groups is 2. The number of carbonyl (C=O) groups excluding carboxylic acids is 2. The van der Waals surface area contributed by atoms with Crippen molar-refractivity contribution in [3.63, 3.8) is 0 Å². The molecule has 2 saturated heterocycles. The zero-order chi connectivity index (χ0) is 20.5. The predicted molar refractivity (Wildman–Crippen MR) is 109 cm³/mol. The van der Waals surface area contributed by atoms with E-state index in [1.807, 2.05) is 20.0 Å². The number of rotatable bonds is 3. The number of urea groups is 1. The van der Waals surface area contributed by atoms with E-state index < -0.39 is 5.82 Å². The van der Waals surface area contributed by atoms with Crippen LogP contribution in [0.25, 0.3) is 0 Å². The van der Waals surface area contributed by atoms with Gasteiger partial charge in [0, 0.05) is 51.0 Å². The van der Waals surface area contributed by atoms with Crippen molar-refractivity contribution in [1.29, 1.82) is 0 Å². The van der Waals surface area contributed by atoms with Gasteiger partial charge in [-0.3, -0.25) is 9.69 Å². The minimum absolute atomic E-state index is 0.197. The summed E-state index contributed by atoms with van der Waals surface area (Å²) in [7, 11) is 0. The average molecular weight is 397 g/mol. The van der Waals surface area contributed by atoms with E-state index in [0.717, 1.165) is 16.9 Å². The normalized spacial score (nSPS) is 16.9. The number of aryl methyl sites for hydroxylation is 2. The van der Waals surface area contributed by atoms with Crippen molar-refractivity contribution in [2.24, 2.45) is 0 Å². The molecule has 2 aromatic rings. The van der Waals surface area contributed by atoms with Crippen LogP contribution >= 0.6 is 0 Å². The summed E-state index contributed by atoms with van der Waals surface area (Å²) >= 11 is 0. The third kappa shape index (κ3) is 3.74. The van der Waals surface area contributed by atoms with Crippen molar-refractivity contribution in [3.05, 3.63) is 53.0 Å². The number of hydrogen-bond acceptors (Lipinski definition) is 4. The number of nitrogens with zero attached hydrogens (tertiary/aromatic N) is 4. The second kappa shape index (κ2) is 7.69. The summed E-state index contributed by atoms with van der Waals surface area (Å²) in [6.07, 6.45) is 1.85. The Morgan fingerprint density at radius 1 is 1.10 bits per heavy atom. The van der Waals surface area contributed by atoms with E-state index in [-0.39, 0.29) is 17.6 Å². The highest BCUT2D eigenvalue weighted by Gasteiger charge is 2.27. The number of piperazine rings is 1. The van der Waals surface area contributed by atoms with Gasteiger partial charge in [-0.1, -0.05) is 6.07 Å². The lowest BCUT2D eigenvalue weighted by atomic mass is 10.1. The van der Waals surface area contributed by atoms with Crippen LogP contribution in [0.1, 0.15) is 21.5 Å². The topological polar surface area (TPSA) is 68.8 Å². The molecule has 1 aromatic carbocycles. The van der Waals surface area contributed by atoms with Crippen molar-refractivity contribution in [3.8, 4) is 0 Å². The molecule has 3 amide bonds. The van der Waals surface area contributed by atoms with Crippen molar-refractivity contribution >= 4 is 23.4 Å². The quantitative estimate of drug-likeness (QED) is 0.863. The molecular formula is C21H24FN5O2. The zero-order valence-corrected chi connectivity index (χ0v) is 16.6. The molecule has 0 unspecified atom stereocenters. The molecule has 0 spiro atoms. The first-order valence-electron chi connectivity index (χ1n) is 9.76. The Morgan fingerprint density at radius 2 is 1.86 bits per heavy atom. The summed E-state index contributed by atoms with van der Waals surface area (Å²) in [4.78, 5) is 34.4. The van der Waals surface area contributed by atoms with Gasteiger partial charge in [0.05, 0.1) is 5.69 Å². The summed E-state index contributed by atoms with van der Waals surface area (Å²) < 4.78 is 14.6. The van der Waals surface area contributed by atoms with Crippen LogP contribution in [-0.2, 0) is 0 Å². The maximum atomic E-state index is 14.6. The van der Waals surface area contributed by atoms with Gasteiger partial charge in [-0.05, 0) is 43.2 Å². The predicted octanol–water partition coefficient (Wildman–Crippen LogP) is 2.33. The first-order chi connectivity index (χ1) is 13.9. The molecule has 2 aliphatic rings. The van der Waals surface area contributed by atoms with Gasteiger partial charge in [0.2, 0.25) is 0 Å². The number of pyridine rings is 1. The molecule has 7 nitrogen and oxygen atoms in total. The van der Waals surface area contributed by atoms with Gasteiger partial charge in [-0.15, -0.1) is 0 Å². The fourth-order valence-corrected chi connectivity index (χ4v) is 3.90. The Balaban J connectivity index is 1.43. The molecule has 0 bridgehead atoms. The Labute approximate surface area is 169 Å². The van der Waals surface area contributed by atoms with Crippen LogP contribution in [0.5, 0.6) is 0 Å². The number of halogens is 1. The van der Waals surface area contributed by atoms with Gasteiger partial charge in [-0.25, -0.2) is 14.2 Å². The molecular weight excluding hydrogens is 373 g/mol. The number of benzene rings is 1. The maximum Gasteiger partial charge on any atom is 0.322 e. The van der Waals surface area contributed by atoms with Gasteiger partial charge in [0.25, 0.3) is 5.91 Å². The molecule has 2 aliphatic heterocycles. The van der Waals surface area contributed by atoms with Crippen LogP contribution in [-0.4, -0.2) is 61.1 Å². The fourth-order valence-electron chi connectivity index (χ4n) is 3.90. The van der Waals surface area contributed by atoms with E-state index in [1.54, 1.807) is 11.0 Å². The van der Waals surface area contributed by atoms with Gasteiger partial charge in [0.1, 0.15) is 11.6 Å². The first kappa shape index (κ1) is 19.2. The average Bonchev–Trinajstić information content (AvgIpc) is 3.13. The smallest absolute Gasteiger partial charge is 0.322 e. The van der Waals surface area contributed by atoms with Crippen molar-refractivity contribution in [2.75, 3.05) is 49.1 Å². The molecule has 1 aromatic heterocycles. The van der Waals surface area contributed by atoms with Crippen LogP contribution in [0, 0.1) is 19.7 Å². The molecule has 152 valence electrons. The second-order valence-corrected chi connectivity index (χ2v) is 7.48. The number of anilines is 2. The Kier molecular flexibility index (Phi) is 5.08. The highest BCUT2D eigenvalue weighted by molar-refractivity contribution is 5.97. The molecule has 0 saturated carbocycles. The van der Waals surface area contributed by atoms with Gasteiger partial charge < -0.3 is 15.1 Å². The monoisotopic (exact) mass is 397 g/mol. The van der Waals surface area contributed by atoms with Gasteiger partial charge in [-0.2, -0.15) is 0 Å². The van der Waals surface area contributed by atoms with E-state index >= 15 is 0 Å². The molecule has 4 rings (SSSR count). The van der Waals surface area contributed by atoms with Crippen LogP contribution in [0.2, 0.25) is 0 Å². The molecule has 1 N–H and O–H groups in total. The molecule has 2 fully saturated rings. The Bertz CT molecular complexity index is 956.